The molecule has 6 rings (SSSR count). The van der Waals surface area contributed by atoms with Crippen LogP contribution >= 0.6 is 0 Å². The number of carbonyl (C=O) groups excluding carboxylic acids is 5. The zero-order chi connectivity index (χ0) is 41.7. The summed E-state index contributed by atoms with van der Waals surface area (Å²) >= 11 is 0. The number of phenols is 6. The summed E-state index contributed by atoms with van der Waals surface area (Å²) in [5.74, 6) is -11.4. The lowest BCUT2D eigenvalue weighted by atomic mass is 9.80. The smallest absolute Gasteiger partial charge is 0.347 e. The summed E-state index contributed by atoms with van der Waals surface area (Å²) in [5, 5.41) is 79.0. The van der Waals surface area contributed by atoms with Crippen molar-refractivity contribution in [3.63, 3.8) is 0 Å². The molecule has 8 N–H and O–H groups in total. The molecule has 4 aromatic carbocycles. The highest BCUT2D eigenvalue weighted by Crippen LogP contribution is 2.50. The molecule has 0 saturated carbocycles. The Labute approximate surface area is 313 Å². The number of aromatic carboxylic acids is 1. The molecular formula is C38H28O18. The Morgan fingerprint density at radius 1 is 0.643 bits per heavy atom. The van der Waals surface area contributed by atoms with Gasteiger partial charge < -0.3 is 55.1 Å². The maximum absolute atomic E-state index is 12.9. The lowest BCUT2D eigenvalue weighted by Crippen LogP contribution is -2.22. The van der Waals surface area contributed by atoms with E-state index in [9.17, 15) is 69.3 Å². The average molecular weight is 773 g/mol. The minimum atomic E-state index is -1.60. The Morgan fingerprint density at radius 3 is 1.64 bits per heavy atom. The Kier molecular flexibility index (Phi) is 10.2. The van der Waals surface area contributed by atoms with Gasteiger partial charge in [-0.25, -0.2) is 19.2 Å². The van der Waals surface area contributed by atoms with E-state index >= 15 is 0 Å². The van der Waals surface area contributed by atoms with E-state index in [1.807, 2.05) is 0 Å². The third kappa shape index (κ3) is 6.50. The maximum Gasteiger partial charge on any atom is 0.347 e. The van der Waals surface area contributed by atoms with Gasteiger partial charge in [0, 0.05) is 17.7 Å². The Hall–Kier alpha value is -7.89. The van der Waals surface area contributed by atoms with E-state index in [2.05, 4.69) is 0 Å². The quantitative estimate of drug-likeness (QED) is 0.0395. The SMILES string of the molecule is Cc1cc(O)c(C=O)c2c1C(=O)Oc1c(COC(=O)C=CC(=O)O)c(O)c(C(=O)O)c(C)c1O2.Cc1cc(O)c2c(c1O)C(=O)c1c(O)cc(C)c(O)c1C2=O. The van der Waals surface area contributed by atoms with Gasteiger partial charge in [-0.05, 0) is 62.6 Å². The highest BCUT2D eigenvalue weighted by molar-refractivity contribution is 6.32. The van der Waals surface area contributed by atoms with Crippen LogP contribution < -0.4 is 9.47 Å². The summed E-state index contributed by atoms with van der Waals surface area (Å²) in [5.41, 5.74) is -2.85. The summed E-state index contributed by atoms with van der Waals surface area (Å²) in [4.78, 5) is 83.8. The molecular weight excluding hydrogens is 744 g/mol. The summed E-state index contributed by atoms with van der Waals surface area (Å²) in [6.07, 6.45) is 1.30. The van der Waals surface area contributed by atoms with Crippen molar-refractivity contribution >= 4 is 41.7 Å². The summed E-state index contributed by atoms with van der Waals surface area (Å²) in [7, 11) is 0. The molecule has 1 aliphatic heterocycles. The molecule has 0 saturated heterocycles. The highest BCUT2D eigenvalue weighted by Gasteiger charge is 2.40. The van der Waals surface area contributed by atoms with Crippen LogP contribution in [-0.4, -0.2) is 82.6 Å². The van der Waals surface area contributed by atoms with Crippen LogP contribution in [0.5, 0.6) is 51.7 Å². The fourth-order valence-corrected chi connectivity index (χ4v) is 6.05. The fourth-order valence-electron chi connectivity index (χ4n) is 6.05. The van der Waals surface area contributed by atoms with Crippen molar-refractivity contribution in [2.75, 3.05) is 0 Å². The molecule has 0 fully saturated rings. The molecule has 18 nitrogen and oxygen atoms in total. The molecule has 4 aromatic rings. The van der Waals surface area contributed by atoms with Gasteiger partial charge in [0.15, 0.2) is 23.5 Å². The van der Waals surface area contributed by atoms with Crippen LogP contribution in [0.15, 0.2) is 30.4 Å². The van der Waals surface area contributed by atoms with Gasteiger partial charge in [-0.3, -0.25) is 14.4 Å². The van der Waals surface area contributed by atoms with Crippen molar-refractivity contribution in [3.05, 3.63) is 97.1 Å². The second-order valence-corrected chi connectivity index (χ2v) is 12.3. The minimum absolute atomic E-state index is 0.169. The first-order chi connectivity index (χ1) is 26.2. The normalized spacial score (nSPS) is 12.5. The number of ketones is 2. The number of hydrogen-bond acceptors (Lipinski definition) is 16. The third-order valence-corrected chi connectivity index (χ3v) is 8.72. The van der Waals surface area contributed by atoms with Gasteiger partial charge >= 0.3 is 23.9 Å². The molecule has 0 amide bonds. The Bertz CT molecular complexity index is 2450. The number of aryl methyl sites for hydroxylation is 3. The molecule has 0 aromatic heterocycles. The Balaban J connectivity index is 0.000000234. The summed E-state index contributed by atoms with van der Waals surface area (Å²) in [6.45, 7) is 4.76. The molecule has 0 unspecified atom stereocenters. The zero-order valence-corrected chi connectivity index (χ0v) is 29.3. The maximum atomic E-state index is 12.9. The second kappa shape index (κ2) is 14.5. The van der Waals surface area contributed by atoms with Crippen molar-refractivity contribution < 1.29 is 88.6 Å². The number of aliphatic carboxylic acids is 1. The summed E-state index contributed by atoms with van der Waals surface area (Å²) < 4.78 is 15.9. The molecule has 1 heterocycles. The number of ether oxygens (including phenoxy) is 3. The third-order valence-electron chi connectivity index (χ3n) is 8.72. The van der Waals surface area contributed by atoms with Crippen molar-refractivity contribution in [2.24, 2.45) is 0 Å². The van der Waals surface area contributed by atoms with Gasteiger partial charge in [-0.2, -0.15) is 0 Å². The van der Waals surface area contributed by atoms with Crippen LogP contribution in [0.1, 0.15) is 90.7 Å². The predicted molar refractivity (Wildman–Crippen MR) is 186 cm³/mol. The van der Waals surface area contributed by atoms with E-state index in [0.717, 1.165) is 18.2 Å². The number of esters is 2. The van der Waals surface area contributed by atoms with E-state index in [-0.39, 0.29) is 62.1 Å². The average Bonchev–Trinajstić information content (AvgIpc) is 3.26. The largest absolute Gasteiger partial charge is 0.507 e. The van der Waals surface area contributed by atoms with E-state index in [4.69, 9.17) is 19.3 Å². The number of carboxylic acids is 2. The molecule has 0 atom stereocenters. The monoisotopic (exact) mass is 772 g/mol. The van der Waals surface area contributed by atoms with E-state index in [1.165, 1.54) is 27.7 Å². The van der Waals surface area contributed by atoms with Crippen molar-refractivity contribution in [1.82, 2.24) is 0 Å². The molecule has 0 spiro atoms. The number of carbonyl (C=O) groups is 7. The fraction of sp³-hybridized carbons (Fsp3) is 0.132. The van der Waals surface area contributed by atoms with Gasteiger partial charge in [-0.1, -0.05) is 0 Å². The van der Waals surface area contributed by atoms with Crippen molar-refractivity contribution in [3.8, 4) is 51.7 Å². The first-order valence-electron chi connectivity index (χ1n) is 15.8. The number of hydrogen-bond donors (Lipinski definition) is 8. The highest BCUT2D eigenvalue weighted by atomic mass is 16.6. The van der Waals surface area contributed by atoms with Gasteiger partial charge in [0.1, 0.15) is 52.2 Å². The Morgan fingerprint density at radius 2 is 1.16 bits per heavy atom. The van der Waals surface area contributed by atoms with Crippen LogP contribution in [0.25, 0.3) is 0 Å². The molecule has 18 heteroatoms. The summed E-state index contributed by atoms with van der Waals surface area (Å²) in [6, 6.07) is 3.46. The first-order valence-corrected chi connectivity index (χ1v) is 15.8. The number of benzene rings is 4. The molecule has 2 aliphatic rings. The number of phenolic OH excluding ortho intramolecular Hbond substituents is 5. The van der Waals surface area contributed by atoms with E-state index in [1.54, 1.807) is 0 Å². The van der Waals surface area contributed by atoms with Crippen molar-refractivity contribution in [1.29, 1.82) is 0 Å². The molecule has 0 bridgehead atoms. The van der Waals surface area contributed by atoms with Crippen LogP contribution in [0.2, 0.25) is 0 Å². The lowest BCUT2D eigenvalue weighted by Gasteiger charge is -2.22. The van der Waals surface area contributed by atoms with Gasteiger partial charge in [0.2, 0.25) is 11.6 Å². The van der Waals surface area contributed by atoms with Crippen LogP contribution in [-0.2, 0) is 20.9 Å². The number of aldehydes is 1. The standard InChI is InChI=1S/C22H16O12.C16H12O6/c1-8-5-12(24)10(6-23)19-15(8)22(31)34-20-11(7-32-14(27)4-3-13(25)26)17(28)16(21(29)30)9(2)18(20)33-19;1-5-3-7(17)9-11(13(5)19)15(21)10-8(18)4-6(2)14(20)12(10)16(9)22/h3-6,24,28H,7H2,1-2H3,(H,25,26)(H,29,30);3-4,17-20H,1-2H3. The number of aromatic hydroxyl groups is 6. The first kappa shape index (κ1) is 39.3. The van der Waals surface area contributed by atoms with Gasteiger partial charge in [-0.15, -0.1) is 0 Å². The molecule has 1 aliphatic carbocycles. The van der Waals surface area contributed by atoms with E-state index in [0.29, 0.717) is 12.2 Å². The van der Waals surface area contributed by atoms with Crippen LogP contribution in [0.4, 0.5) is 0 Å². The van der Waals surface area contributed by atoms with Crippen LogP contribution in [0, 0.1) is 27.7 Å². The molecule has 0 radical (unpaired) electrons. The number of carboxylic acid groups (broad SMARTS) is 2. The minimum Gasteiger partial charge on any atom is -0.507 e. The zero-order valence-electron chi connectivity index (χ0n) is 29.3. The topological polar surface area (TPSA) is 309 Å². The van der Waals surface area contributed by atoms with Gasteiger partial charge in [0.05, 0.1) is 33.4 Å². The van der Waals surface area contributed by atoms with Crippen LogP contribution in [0.3, 0.4) is 0 Å². The molecule has 288 valence electrons. The number of fused-ring (bicyclic) bond motifs is 4. The van der Waals surface area contributed by atoms with Gasteiger partial charge in [0.25, 0.3) is 0 Å². The van der Waals surface area contributed by atoms with E-state index < -0.39 is 105 Å². The predicted octanol–water partition coefficient (Wildman–Crippen LogP) is 4.14. The second-order valence-electron chi connectivity index (χ2n) is 12.3. The number of rotatable bonds is 6. The molecule has 56 heavy (non-hydrogen) atoms. The lowest BCUT2D eigenvalue weighted by molar-refractivity contribution is -0.139. The van der Waals surface area contributed by atoms with Crippen molar-refractivity contribution in [2.45, 2.75) is 34.3 Å².